The van der Waals surface area contributed by atoms with Gasteiger partial charge in [0.05, 0.1) is 0 Å². The Kier molecular flexibility index (Phi) is 2.37. The van der Waals surface area contributed by atoms with Gasteiger partial charge in [-0.05, 0) is 17.7 Å². The van der Waals surface area contributed by atoms with Crippen LogP contribution in [0.2, 0.25) is 0 Å². The van der Waals surface area contributed by atoms with Crippen LogP contribution in [0.15, 0.2) is 40.9 Å². The molecule has 15 heavy (non-hydrogen) atoms. The molecule has 1 aliphatic rings. The van der Waals surface area contributed by atoms with E-state index in [0.717, 1.165) is 0 Å². The Balaban J connectivity index is 2.21. The van der Waals surface area contributed by atoms with E-state index in [4.69, 9.17) is 5.11 Å². The minimum atomic E-state index is -1.04. The number of benzene rings is 1. The van der Waals surface area contributed by atoms with Gasteiger partial charge in [0.2, 0.25) is 7.28 Å². The number of carboxylic acid groups (broad SMARTS) is 1. The smallest absolute Gasteiger partial charge is 0.323 e. The largest absolute Gasteiger partial charge is 0.478 e. The Morgan fingerprint density at radius 3 is 2.87 bits per heavy atom. The van der Waals surface area contributed by atoms with Crippen LogP contribution >= 0.6 is 0 Å². The average molecular weight is 202 g/mol. The van der Waals surface area contributed by atoms with Gasteiger partial charge in [-0.1, -0.05) is 12.1 Å². The lowest BCUT2D eigenvalue weighted by Crippen LogP contribution is -2.14. The number of aliphatic carboxylic acids is 1. The molecule has 0 aliphatic carbocycles. The summed E-state index contributed by atoms with van der Waals surface area (Å²) in [6.07, 6.45) is 1.25. The van der Waals surface area contributed by atoms with Crippen molar-refractivity contribution in [3.63, 3.8) is 0 Å². The van der Waals surface area contributed by atoms with E-state index in [1.165, 1.54) is 25.6 Å². The quantitative estimate of drug-likeness (QED) is 0.732. The van der Waals surface area contributed by atoms with Gasteiger partial charge in [-0.15, -0.1) is 0 Å². The molecule has 1 heterocycles. The summed E-state index contributed by atoms with van der Waals surface area (Å²) in [5, 5.41) is 8.69. The number of halogens is 1. The third-order valence-corrected chi connectivity index (χ3v) is 2.00. The molecule has 0 saturated heterocycles. The summed E-state index contributed by atoms with van der Waals surface area (Å²) >= 11 is 0. The summed E-state index contributed by atoms with van der Waals surface area (Å²) in [5.41, 5.74) is 1.14. The first-order valence-electron chi connectivity index (χ1n) is 4.29. The molecule has 0 unspecified atom stereocenters. The summed E-state index contributed by atoms with van der Waals surface area (Å²) in [6, 6.07) is 5.87. The highest BCUT2D eigenvalue weighted by Crippen LogP contribution is 2.11. The second kappa shape index (κ2) is 3.69. The van der Waals surface area contributed by atoms with E-state index in [1.807, 2.05) is 0 Å². The molecule has 0 bridgehead atoms. The predicted molar refractivity (Wildman–Crippen MR) is 54.4 cm³/mol. The monoisotopic (exact) mass is 202 g/mol. The minimum absolute atomic E-state index is 0.106. The Morgan fingerprint density at radius 2 is 2.27 bits per heavy atom. The number of carbonyl (C=O) groups is 1. The maximum atomic E-state index is 12.9. The van der Waals surface area contributed by atoms with Crippen molar-refractivity contribution in [2.45, 2.75) is 0 Å². The molecule has 1 aliphatic heterocycles. The van der Waals surface area contributed by atoms with Crippen LogP contribution in [0.5, 0.6) is 0 Å². The molecule has 0 fully saturated rings. The zero-order valence-corrected chi connectivity index (χ0v) is 7.64. The molecule has 0 spiro atoms. The van der Waals surface area contributed by atoms with Crippen molar-refractivity contribution < 1.29 is 14.3 Å². The second-order valence-corrected chi connectivity index (χ2v) is 3.06. The third kappa shape index (κ3) is 1.96. The van der Waals surface area contributed by atoms with Gasteiger partial charge in [-0.2, -0.15) is 0 Å². The number of hydrogen-bond donors (Lipinski definition) is 1. The first-order valence-corrected chi connectivity index (χ1v) is 4.29. The number of carboxylic acids is 1. The van der Waals surface area contributed by atoms with E-state index in [1.54, 1.807) is 12.1 Å². The molecule has 1 aromatic carbocycles. The maximum Gasteiger partial charge on any atom is 0.323 e. The van der Waals surface area contributed by atoms with Gasteiger partial charge in [0.25, 0.3) is 0 Å². The van der Waals surface area contributed by atoms with Crippen molar-refractivity contribution in [2.24, 2.45) is 4.99 Å². The van der Waals surface area contributed by atoms with Crippen LogP contribution in [0, 0.1) is 5.82 Å². The number of nitrogens with zero attached hydrogens (tertiary/aromatic N) is 1. The lowest BCUT2D eigenvalue weighted by molar-refractivity contribution is -0.131. The Bertz CT molecular complexity index is 482. The maximum absolute atomic E-state index is 12.9. The third-order valence-electron chi connectivity index (χ3n) is 2.00. The predicted octanol–water partition coefficient (Wildman–Crippen LogP) is 1.22. The fourth-order valence-corrected chi connectivity index (χ4v) is 1.28. The van der Waals surface area contributed by atoms with Gasteiger partial charge >= 0.3 is 5.97 Å². The lowest BCUT2D eigenvalue weighted by atomic mass is 9.64. The number of aliphatic imine (C=N–C) groups is 1. The number of hydrogen-bond acceptors (Lipinski definition) is 2. The summed E-state index contributed by atoms with van der Waals surface area (Å²) < 4.78 is 12.9. The normalized spacial score (nSPS) is 14.2. The summed E-state index contributed by atoms with van der Waals surface area (Å²) in [6.45, 7) is 0. The fraction of sp³-hybridized carbons (Fsp3) is 0. The Hall–Kier alpha value is -1.91. The highest BCUT2D eigenvalue weighted by Gasteiger charge is 2.19. The first kappa shape index (κ1) is 9.64. The zero-order valence-electron chi connectivity index (χ0n) is 7.64. The van der Waals surface area contributed by atoms with Gasteiger partial charge in [0, 0.05) is 17.3 Å². The summed E-state index contributed by atoms with van der Waals surface area (Å²) in [4.78, 5) is 14.5. The number of rotatable bonds is 2. The second-order valence-electron chi connectivity index (χ2n) is 3.06. The molecule has 1 aromatic rings. The van der Waals surface area contributed by atoms with Crippen LogP contribution < -0.4 is 0 Å². The standard InChI is InChI=1S/C10H6BFNO2/c12-7-3-1-2-6(4-7)9-11-8(5-13-9)10(14)15/h1-5H,(H,14,15). The van der Waals surface area contributed by atoms with Crippen LogP contribution in [-0.2, 0) is 4.79 Å². The molecular weight excluding hydrogens is 196 g/mol. The van der Waals surface area contributed by atoms with Gasteiger partial charge in [-0.25, -0.2) is 9.18 Å². The Labute approximate surface area is 86.2 Å². The molecule has 73 valence electrons. The average Bonchev–Trinajstić information content (AvgIpc) is 2.66. The molecule has 0 atom stereocenters. The topological polar surface area (TPSA) is 49.7 Å². The molecule has 0 saturated carbocycles. The Morgan fingerprint density at radius 1 is 1.47 bits per heavy atom. The van der Waals surface area contributed by atoms with Crippen molar-refractivity contribution in [3.05, 3.63) is 47.3 Å². The minimum Gasteiger partial charge on any atom is -0.478 e. The molecular formula is C10H6BFNO2. The lowest BCUT2D eigenvalue weighted by Gasteiger charge is -1.99. The molecule has 3 nitrogen and oxygen atoms in total. The summed E-state index contributed by atoms with van der Waals surface area (Å²) in [7, 11) is 1.41. The van der Waals surface area contributed by atoms with E-state index in [9.17, 15) is 9.18 Å². The highest BCUT2D eigenvalue weighted by molar-refractivity contribution is 6.87. The fourth-order valence-electron chi connectivity index (χ4n) is 1.28. The van der Waals surface area contributed by atoms with Crippen molar-refractivity contribution >= 4 is 18.9 Å². The van der Waals surface area contributed by atoms with Crippen molar-refractivity contribution in [1.29, 1.82) is 0 Å². The van der Waals surface area contributed by atoms with Gasteiger partial charge in [0.15, 0.2) is 0 Å². The summed E-state index contributed by atoms with van der Waals surface area (Å²) in [5.74, 6) is -1.41. The van der Waals surface area contributed by atoms with Crippen LogP contribution in [-0.4, -0.2) is 24.0 Å². The molecule has 2 rings (SSSR count). The van der Waals surface area contributed by atoms with Gasteiger partial charge in [-0.3, -0.25) is 4.99 Å². The van der Waals surface area contributed by atoms with Crippen LogP contribution in [0.3, 0.4) is 0 Å². The molecule has 1 N–H and O–H groups in total. The van der Waals surface area contributed by atoms with Crippen molar-refractivity contribution in [2.75, 3.05) is 0 Å². The van der Waals surface area contributed by atoms with Gasteiger partial charge < -0.3 is 5.11 Å². The van der Waals surface area contributed by atoms with Crippen molar-refractivity contribution in [1.82, 2.24) is 0 Å². The van der Waals surface area contributed by atoms with E-state index >= 15 is 0 Å². The molecule has 1 radical (unpaired) electrons. The first-order chi connectivity index (χ1) is 7.16. The van der Waals surface area contributed by atoms with E-state index in [2.05, 4.69) is 4.99 Å². The zero-order chi connectivity index (χ0) is 10.8. The van der Waals surface area contributed by atoms with Crippen LogP contribution in [0.25, 0.3) is 0 Å². The van der Waals surface area contributed by atoms with E-state index in [0.29, 0.717) is 11.2 Å². The highest BCUT2D eigenvalue weighted by atomic mass is 19.1. The van der Waals surface area contributed by atoms with Crippen LogP contribution in [0.1, 0.15) is 5.56 Å². The van der Waals surface area contributed by atoms with Crippen LogP contribution in [0.4, 0.5) is 4.39 Å². The van der Waals surface area contributed by atoms with Gasteiger partial charge in [0.1, 0.15) is 5.82 Å². The SMILES string of the molecule is O=C(O)C1=CN=C(c2cccc(F)c2)[B]1. The molecule has 5 heteroatoms. The molecule has 0 amide bonds. The van der Waals surface area contributed by atoms with Crippen molar-refractivity contribution in [3.8, 4) is 0 Å². The van der Waals surface area contributed by atoms with E-state index in [-0.39, 0.29) is 11.3 Å². The molecule has 0 aromatic heterocycles. The van der Waals surface area contributed by atoms with E-state index < -0.39 is 5.97 Å².